The minimum Gasteiger partial charge on any atom is -0.344 e. The maximum absolute atomic E-state index is 12.6. The highest BCUT2D eigenvalue weighted by Gasteiger charge is 2.17. The minimum atomic E-state index is -0.162. The average molecular weight is 351 g/mol. The fourth-order valence-electron chi connectivity index (χ4n) is 2.80. The molecule has 2 aromatic heterocycles. The molecule has 0 radical (unpaired) electrons. The average Bonchev–Trinajstić information content (AvgIpc) is 3.08. The van der Waals surface area contributed by atoms with Gasteiger partial charge in [0.2, 0.25) is 0 Å². The van der Waals surface area contributed by atoms with Crippen LogP contribution in [0.4, 0.5) is 0 Å². The Hall–Kier alpha value is -3.22. The number of nitrogens with one attached hydrogen (secondary N) is 1. The highest BCUT2D eigenvalue weighted by Crippen LogP contribution is 2.18. The molecule has 1 amide bonds. The SMILES string of the molecule is CC[C@H](NC(=O)c1ccc(-c2ccc(=O)n(C)n2)cc1)c1ccnn1C. The molecule has 7 nitrogen and oxygen atoms in total. The van der Waals surface area contributed by atoms with Crippen LogP contribution in [0.15, 0.2) is 53.5 Å². The molecule has 1 atom stereocenters. The van der Waals surface area contributed by atoms with Gasteiger partial charge in [0, 0.05) is 37.5 Å². The summed E-state index contributed by atoms with van der Waals surface area (Å²) in [5, 5.41) is 11.4. The summed E-state index contributed by atoms with van der Waals surface area (Å²) in [6.07, 6.45) is 2.49. The van der Waals surface area contributed by atoms with Gasteiger partial charge in [0.15, 0.2) is 0 Å². The maximum Gasteiger partial charge on any atom is 0.266 e. The molecule has 0 saturated carbocycles. The molecule has 0 aliphatic rings. The summed E-state index contributed by atoms with van der Waals surface area (Å²) in [5.74, 6) is -0.141. The van der Waals surface area contributed by atoms with E-state index in [0.29, 0.717) is 11.3 Å². The quantitative estimate of drug-likeness (QED) is 0.763. The second-order valence-corrected chi connectivity index (χ2v) is 6.07. The van der Waals surface area contributed by atoms with Gasteiger partial charge in [-0.25, -0.2) is 4.68 Å². The molecule has 2 heterocycles. The van der Waals surface area contributed by atoms with Crippen molar-refractivity contribution in [1.29, 1.82) is 0 Å². The van der Waals surface area contributed by atoms with Crippen LogP contribution in [-0.4, -0.2) is 25.5 Å². The maximum atomic E-state index is 12.6. The molecule has 26 heavy (non-hydrogen) atoms. The van der Waals surface area contributed by atoms with E-state index in [-0.39, 0.29) is 17.5 Å². The molecule has 0 spiro atoms. The lowest BCUT2D eigenvalue weighted by Gasteiger charge is -2.17. The number of rotatable bonds is 5. The zero-order valence-electron chi connectivity index (χ0n) is 15.0. The number of amides is 1. The highest BCUT2D eigenvalue weighted by molar-refractivity contribution is 5.94. The van der Waals surface area contributed by atoms with Gasteiger partial charge in [0.1, 0.15) is 0 Å². The van der Waals surface area contributed by atoms with E-state index in [1.54, 1.807) is 36.1 Å². The Bertz CT molecular complexity index is 972. The van der Waals surface area contributed by atoms with E-state index in [4.69, 9.17) is 0 Å². The van der Waals surface area contributed by atoms with Gasteiger partial charge in [-0.1, -0.05) is 19.1 Å². The zero-order valence-corrected chi connectivity index (χ0v) is 15.0. The number of carbonyl (C=O) groups is 1. The lowest BCUT2D eigenvalue weighted by Crippen LogP contribution is -2.29. The van der Waals surface area contributed by atoms with Crippen molar-refractivity contribution in [1.82, 2.24) is 24.9 Å². The Labute approximate surface area is 151 Å². The van der Waals surface area contributed by atoms with E-state index in [1.165, 1.54) is 10.7 Å². The van der Waals surface area contributed by atoms with E-state index in [1.807, 2.05) is 32.2 Å². The molecular weight excluding hydrogens is 330 g/mol. The Balaban J connectivity index is 1.77. The van der Waals surface area contributed by atoms with Crippen LogP contribution in [-0.2, 0) is 14.1 Å². The number of aromatic nitrogens is 4. The Kier molecular flexibility index (Phi) is 4.97. The predicted molar refractivity (Wildman–Crippen MR) is 98.6 cm³/mol. The van der Waals surface area contributed by atoms with Crippen molar-refractivity contribution in [3.8, 4) is 11.3 Å². The van der Waals surface area contributed by atoms with Crippen molar-refractivity contribution < 1.29 is 4.79 Å². The van der Waals surface area contributed by atoms with Gasteiger partial charge in [-0.2, -0.15) is 10.2 Å². The third kappa shape index (κ3) is 3.56. The Morgan fingerprint density at radius 3 is 2.38 bits per heavy atom. The molecule has 0 fully saturated rings. The molecule has 0 unspecified atom stereocenters. The molecule has 0 aliphatic heterocycles. The molecule has 0 aliphatic carbocycles. The standard InChI is InChI=1S/C19H21N5O2/c1-4-15(17-11-12-20-23(17)2)21-19(26)14-7-5-13(6-8-14)16-9-10-18(25)24(3)22-16/h5-12,15H,4H2,1-3H3,(H,21,26)/t15-/m0/s1. The van der Waals surface area contributed by atoms with Crippen LogP contribution in [0.25, 0.3) is 11.3 Å². The first-order valence-corrected chi connectivity index (χ1v) is 8.43. The lowest BCUT2D eigenvalue weighted by molar-refractivity contribution is 0.0934. The fourth-order valence-corrected chi connectivity index (χ4v) is 2.80. The van der Waals surface area contributed by atoms with Crippen molar-refractivity contribution in [2.75, 3.05) is 0 Å². The normalized spacial score (nSPS) is 12.0. The largest absolute Gasteiger partial charge is 0.344 e. The van der Waals surface area contributed by atoms with E-state index in [0.717, 1.165) is 17.7 Å². The summed E-state index contributed by atoms with van der Waals surface area (Å²) in [6, 6.07) is 12.1. The Morgan fingerprint density at radius 2 is 1.81 bits per heavy atom. The molecule has 7 heteroatoms. The molecule has 0 bridgehead atoms. The van der Waals surface area contributed by atoms with Crippen LogP contribution in [0.3, 0.4) is 0 Å². The smallest absolute Gasteiger partial charge is 0.266 e. The molecular formula is C19H21N5O2. The first-order valence-electron chi connectivity index (χ1n) is 8.43. The van der Waals surface area contributed by atoms with Gasteiger partial charge >= 0.3 is 0 Å². The van der Waals surface area contributed by atoms with Gasteiger partial charge < -0.3 is 5.32 Å². The molecule has 1 aromatic carbocycles. The number of aryl methyl sites for hydroxylation is 2. The third-order valence-corrected chi connectivity index (χ3v) is 4.33. The number of nitrogens with zero attached hydrogens (tertiary/aromatic N) is 4. The van der Waals surface area contributed by atoms with Crippen molar-refractivity contribution >= 4 is 5.91 Å². The van der Waals surface area contributed by atoms with Gasteiger partial charge in [-0.3, -0.25) is 14.3 Å². The van der Waals surface area contributed by atoms with Crippen molar-refractivity contribution in [2.45, 2.75) is 19.4 Å². The third-order valence-electron chi connectivity index (χ3n) is 4.33. The second kappa shape index (κ2) is 7.35. The fraction of sp³-hybridized carbons (Fsp3) is 0.263. The second-order valence-electron chi connectivity index (χ2n) is 6.07. The van der Waals surface area contributed by atoms with E-state index in [2.05, 4.69) is 15.5 Å². The van der Waals surface area contributed by atoms with Crippen molar-refractivity contribution in [2.24, 2.45) is 14.1 Å². The van der Waals surface area contributed by atoms with Crippen molar-refractivity contribution in [3.63, 3.8) is 0 Å². The van der Waals surface area contributed by atoms with Crippen LogP contribution in [0.2, 0.25) is 0 Å². The van der Waals surface area contributed by atoms with Gasteiger partial charge in [-0.15, -0.1) is 0 Å². The van der Waals surface area contributed by atoms with E-state index in [9.17, 15) is 9.59 Å². The van der Waals surface area contributed by atoms with Gasteiger partial charge in [0.05, 0.1) is 17.4 Å². The number of hydrogen-bond acceptors (Lipinski definition) is 4. The molecule has 134 valence electrons. The van der Waals surface area contributed by atoms with Crippen LogP contribution < -0.4 is 10.9 Å². The summed E-state index contributed by atoms with van der Waals surface area (Å²) in [4.78, 5) is 24.0. The lowest BCUT2D eigenvalue weighted by atomic mass is 10.1. The number of carbonyl (C=O) groups excluding carboxylic acids is 1. The zero-order chi connectivity index (χ0) is 18.7. The van der Waals surface area contributed by atoms with Crippen LogP contribution in [0, 0.1) is 0 Å². The first kappa shape index (κ1) is 17.6. The minimum absolute atomic E-state index is 0.0972. The first-order chi connectivity index (χ1) is 12.5. The van der Waals surface area contributed by atoms with Crippen LogP contribution >= 0.6 is 0 Å². The van der Waals surface area contributed by atoms with Gasteiger partial charge in [-0.05, 0) is 30.7 Å². The Morgan fingerprint density at radius 1 is 1.08 bits per heavy atom. The van der Waals surface area contributed by atoms with Gasteiger partial charge in [0.25, 0.3) is 11.5 Å². The van der Waals surface area contributed by atoms with Crippen LogP contribution in [0.1, 0.15) is 35.4 Å². The summed E-state index contributed by atoms with van der Waals surface area (Å²) >= 11 is 0. The topological polar surface area (TPSA) is 81.8 Å². The van der Waals surface area contributed by atoms with Crippen LogP contribution in [0.5, 0.6) is 0 Å². The summed E-state index contributed by atoms with van der Waals surface area (Å²) < 4.78 is 3.05. The van der Waals surface area contributed by atoms with E-state index >= 15 is 0 Å². The summed E-state index contributed by atoms with van der Waals surface area (Å²) in [7, 11) is 3.47. The molecule has 3 aromatic rings. The summed E-state index contributed by atoms with van der Waals surface area (Å²) in [5.41, 5.74) is 2.90. The molecule has 1 N–H and O–H groups in total. The number of hydrogen-bond donors (Lipinski definition) is 1. The predicted octanol–water partition coefficient (Wildman–Crippen LogP) is 2.06. The van der Waals surface area contributed by atoms with Crippen molar-refractivity contribution in [3.05, 3.63) is 70.3 Å². The highest BCUT2D eigenvalue weighted by atomic mass is 16.1. The molecule has 3 rings (SSSR count). The number of benzene rings is 1. The van der Waals surface area contributed by atoms with E-state index < -0.39 is 0 Å². The summed E-state index contributed by atoms with van der Waals surface area (Å²) in [6.45, 7) is 2.02. The molecule has 0 saturated heterocycles. The monoisotopic (exact) mass is 351 g/mol.